The maximum Gasteiger partial charge on any atom is 0.247 e. The maximum absolute atomic E-state index is 12.2. The minimum Gasteiger partial charge on any atom is -0.545 e. The Morgan fingerprint density at radius 2 is 1.86 bits per heavy atom. The number of halogens is 2. The average Bonchev–Trinajstić information content (AvgIpc) is 2.33. The number of amides is 1. The second kappa shape index (κ2) is 6.96. The maximum atomic E-state index is 12.2. The van der Waals surface area contributed by atoms with Crippen molar-refractivity contribution in [3.63, 3.8) is 0 Å². The summed E-state index contributed by atoms with van der Waals surface area (Å²) in [6.45, 7) is 5.79. The van der Waals surface area contributed by atoms with Gasteiger partial charge in [-0.2, -0.15) is 0 Å². The lowest BCUT2D eigenvalue weighted by molar-refractivity contribution is -0.297. The van der Waals surface area contributed by atoms with Gasteiger partial charge in [-0.3, -0.25) is 4.79 Å². The minimum absolute atomic E-state index is 0.246. The molecule has 114 valence electrons. The molecule has 1 rings (SSSR count). The van der Waals surface area contributed by atoms with Crippen LogP contribution in [0.4, 0.5) is 0 Å². The van der Waals surface area contributed by atoms with E-state index in [1.165, 1.54) is 4.90 Å². The number of benzene rings is 1. The monoisotopic (exact) mass is 328 g/mol. The summed E-state index contributed by atoms with van der Waals surface area (Å²) in [5.74, 6) is -1.85. The Kier molecular flexibility index (Phi) is 5.81. The van der Waals surface area contributed by atoms with Gasteiger partial charge in [-0.25, -0.2) is 0 Å². The van der Waals surface area contributed by atoms with Crippen molar-refractivity contribution >= 4 is 35.1 Å². The molecular formula is C15H16Cl2NO3-. The van der Waals surface area contributed by atoms with Crippen molar-refractivity contribution in [2.75, 3.05) is 0 Å². The number of carbonyl (C=O) groups excluding carboxylic acids is 2. The standard InChI is InChI=1S/C15H17Cl2NO3/c1-15(2,3)18(13(19)6-7-14(20)21)9-10-4-5-11(16)8-12(10)17/h4-8H,9H2,1-3H3,(H,20,21)/p-1/b7-6+. The summed E-state index contributed by atoms with van der Waals surface area (Å²) in [5.41, 5.74) is 0.224. The van der Waals surface area contributed by atoms with Gasteiger partial charge in [0.25, 0.3) is 0 Å². The summed E-state index contributed by atoms with van der Waals surface area (Å²) < 4.78 is 0. The molecule has 1 aromatic rings. The average molecular weight is 329 g/mol. The lowest BCUT2D eigenvalue weighted by Crippen LogP contribution is -2.44. The highest BCUT2D eigenvalue weighted by molar-refractivity contribution is 6.35. The molecule has 6 heteroatoms. The summed E-state index contributed by atoms with van der Waals surface area (Å²) in [6, 6.07) is 5.02. The van der Waals surface area contributed by atoms with E-state index in [9.17, 15) is 14.7 Å². The SMILES string of the molecule is CC(C)(C)N(Cc1ccc(Cl)cc1Cl)C(=O)/C=C/C(=O)[O-]. The first-order valence-electron chi connectivity index (χ1n) is 6.26. The van der Waals surface area contributed by atoms with E-state index in [2.05, 4.69) is 0 Å². The van der Waals surface area contributed by atoms with Crippen LogP contribution in [0.3, 0.4) is 0 Å². The molecule has 0 radical (unpaired) electrons. The summed E-state index contributed by atoms with van der Waals surface area (Å²) in [4.78, 5) is 24.1. The largest absolute Gasteiger partial charge is 0.545 e. The van der Waals surface area contributed by atoms with E-state index in [1.807, 2.05) is 20.8 Å². The molecule has 0 bridgehead atoms. The van der Waals surface area contributed by atoms with E-state index in [1.54, 1.807) is 18.2 Å². The van der Waals surface area contributed by atoms with Crippen molar-refractivity contribution in [3.8, 4) is 0 Å². The Labute approximate surface area is 134 Å². The molecule has 0 spiro atoms. The van der Waals surface area contributed by atoms with Gasteiger partial charge in [0.15, 0.2) is 0 Å². The molecular weight excluding hydrogens is 313 g/mol. The van der Waals surface area contributed by atoms with E-state index in [4.69, 9.17) is 23.2 Å². The van der Waals surface area contributed by atoms with Crippen molar-refractivity contribution in [2.45, 2.75) is 32.9 Å². The molecule has 21 heavy (non-hydrogen) atoms. The van der Waals surface area contributed by atoms with Crippen LogP contribution >= 0.6 is 23.2 Å². The third-order valence-electron chi connectivity index (χ3n) is 2.78. The number of carbonyl (C=O) groups is 2. The van der Waals surface area contributed by atoms with Crippen molar-refractivity contribution in [1.29, 1.82) is 0 Å². The predicted octanol–water partition coefficient (Wildman–Crippen LogP) is 2.43. The van der Waals surface area contributed by atoms with Gasteiger partial charge in [0.2, 0.25) is 5.91 Å². The summed E-state index contributed by atoms with van der Waals surface area (Å²) in [5, 5.41) is 11.4. The zero-order chi connectivity index (χ0) is 16.2. The Balaban J connectivity index is 3.04. The Morgan fingerprint density at radius 1 is 1.24 bits per heavy atom. The number of aliphatic carboxylic acids is 1. The second-order valence-electron chi connectivity index (χ2n) is 5.48. The molecule has 1 amide bonds. The zero-order valence-electron chi connectivity index (χ0n) is 12.0. The Hall–Kier alpha value is -1.52. The van der Waals surface area contributed by atoms with Crippen LogP contribution in [0.15, 0.2) is 30.4 Å². The molecule has 0 aliphatic carbocycles. The van der Waals surface area contributed by atoms with Gasteiger partial charge < -0.3 is 14.8 Å². The van der Waals surface area contributed by atoms with Gasteiger partial charge >= 0.3 is 0 Å². The van der Waals surface area contributed by atoms with E-state index in [-0.39, 0.29) is 6.54 Å². The fourth-order valence-electron chi connectivity index (χ4n) is 1.70. The lowest BCUT2D eigenvalue weighted by Gasteiger charge is -2.35. The molecule has 4 nitrogen and oxygen atoms in total. The molecule has 0 atom stereocenters. The smallest absolute Gasteiger partial charge is 0.247 e. The zero-order valence-corrected chi connectivity index (χ0v) is 13.5. The van der Waals surface area contributed by atoms with Crippen LogP contribution in [0.5, 0.6) is 0 Å². The van der Waals surface area contributed by atoms with E-state index < -0.39 is 17.4 Å². The highest BCUT2D eigenvalue weighted by atomic mass is 35.5. The van der Waals surface area contributed by atoms with Gasteiger partial charge in [0.05, 0.1) is 5.97 Å². The fourth-order valence-corrected chi connectivity index (χ4v) is 2.16. The number of carboxylic acid groups (broad SMARTS) is 1. The summed E-state index contributed by atoms with van der Waals surface area (Å²) in [7, 11) is 0. The van der Waals surface area contributed by atoms with Crippen molar-refractivity contribution < 1.29 is 14.7 Å². The van der Waals surface area contributed by atoms with Crippen LogP contribution in [-0.4, -0.2) is 22.3 Å². The van der Waals surface area contributed by atoms with E-state index >= 15 is 0 Å². The molecule has 0 heterocycles. The number of carboxylic acids is 1. The summed E-state index contributed by atoms with van der Waals surface area (Å²) in [6.07, 6.45) is 1.69. The number of rotatable bonds is 4. The molecule has 0 aliphatic rings. The normalized spacial score (nSPS) is 11.7. The van der Waals surface area contributed by atoms with Gasteiger partial charge in [0.1, 0.15) is 0 Å². The van der Waals surface area contributed by atoms with Crippen LogP contribution in [0.1, 0.15) is 26.3 Å². The third-order valence-corrected chi connectivity index (χ3v) is 3.37. The first-order valence-corrected chi connectivity index (χ1v) is 7.01. The van der Waals surface area contributed by atoms with E-state index in [0.29, 0.717) is 16.1 Å². The van der Waals surface area contributed by atoms with Crippen LogP contribution in [0.2, 0.25) is 10.0 Å². The molecule has 0 aromatic heterocycles. The number of hydrogen-bond donors (Lipinski definition) is 0. The number of hydrogen-bond acceptors (Lipinski definition) is 3. The summed E-state index contributed by atoms with van der Waals surface area (Å²) >= 11 is 12.0. The van der Waals surface area contributed by atoms with Gasteiger partial charge in [-0.05, 0) is 44.5 Å². The molecule has 0 unspecified atom stereocenters. The van der Waals surface area contributed by atoms with Crippen LogP contribution < -0.4 is 5.11 Å². The van der Waals surface area contributed by atoms with Crippen LogP contribution in [0, 0.1) is 0 Å². The Morgan fingerprint density at radius 3 is 2.33 bits per heavy atom. The van der Waals surface area contributed by atoms with Crippen LogP contribution in [-0.2, 0) is 16.1 Å². The van der Waals surface area contributed by atoms with Gasteiger partial charge in [-0.15, -0.1) is 0 Å². The van der Waals surface area contributed by atoms with E-state index in [0.717, 1.165) is 11.6 Å². The molecule has 0 fully saturated rings. The quantitative estimate of drug-likeness (QED) is 0.797. The van der Waals surface area contributed by atoms with Crippen molar-refractivity contribution in [3.05, 3.63) is 46.0 Å². The molecule has 0 aliphatic heterocycles. The topological polar surface area (TPSA) is 60.4 Å². The Bertz CT molecular complexity index is 577. The number of nitrogens with zero attached hydrogens (tertiary/aromatic N) is 1. The third kappa shape index (κ3) is 5.40. The molecule has 0 saturated carbocycles. The highest BCUT2D eigenvalue weighted by Crippen LogP contribution is 2.25. The van der Waals surface area contributed by atoms with Gasteiger partial charge in [-0.1, -0.05) is 29.3 Å². The van der Waals surface area contributed by atoms with Crippen molar-refractivity contribution in [2.24, 2.45) is 0 Å². The molecule has 1 aromatic carbocycles. The lowest BCUT2D eigenvalue weighted by atomic mass is 10.0. The fraction of sp³-hybridized carbons (Fsp3) is 0.333. The van der Waals surface area contributed by atoms with Crippen molar-refractivity contribution in [1.82, 2.24) is 4.90 Å². The second-order valence-corrected chi connectivity index (χ2v) is 6.33. The molecule has 0 saturated heterocycles. The molecule has 0 N–H and O–H groups in total. The predicted molar refractivity (Wildman–Crippen MR) is 80.9 cm³/mol. The first-order chi connectivity index (χ1) is 9.61. The van der Waals surface area contributed by atoms with Gasteiger partial charge in [0, 0.05) is 28.2 Å². The minimum atomic E-state index is -1.42. The highest BCUT2D eigenvalue weighted by Gasteiger charge is 2.25. The first kappa shape index (κ1) is 17.5. The van der Waals surface area contributed by atoms with Crippen LogP contribution in [0.25, 0.3) is 0 Å².